The van der Waals surface area contributed by atoms with Gasteiger partial charge in [0.25, 0.3) is 5.91 Å². The van der Waals surface area contributed by atoms with Crippen LogP contribution in [0.25, 0.3) is 11.3 Å². The molecule has 1 atom stereocenters. The topological polar surface area (TPSA) is 88.3 Å². The number of carbonyl (C=O) groups is 1. The molecule has 8 heteroatoms. The third kappa shape index (κ3) is 4.20. The molecule has 3 N–H and O–H groups in total. The number of pyridine rings is 1. The highest BCUT2D eigenvalue weighted by Gasteiger charge is 2.33. The molecule has 5 rings (SSSR count). The number of H-pyrrole nitrogens is 1. The minimum absolute atomic E-state index is 0.0910. The second-order valence-electron chi connectivity index (χ2n) is 8.79. The molecule has 34 heavy (non-hydrogen) atoms. The monoisotopic (exact) mass is 464 g/mol. The van der Waals surface area contributed by atoms with Crippen molar-refractivity contribution in [1.29, 1.82) is 0 Å². The van der Waals surface area contributed by atoms with Gasteiger partial charge in [-0.15, -0.1) is 0 Å². The highest BCUT2D eigenvalue weighted by molar-refractivity contribution is 6.07. The first-order chi connectivity index (χ1) is 16.7. The van der Waals surface area contributed by atoms with Gasteiger partial charge in [-0.3, -0.25) is 9.78 Å². The van der Waals surface area contributed by atoms with E-state index in [4.69, 9.17) is 9.47 Å². The lowest BCUT2D eigenvalue weighted by molar-refractivity contribution is 0.0939. The number of anilines is 2. The summed E-state index contributed by atoms with van der Waals surface area (Å²) in [6.07, 6.45) is 9.89. The number of nitrogens with zero attached hydrogens (tertiary/aromatic N) is 1. The van der Waals surface area contributed by atoms with E-state index in [1.165, 1.54) is 13.2 Å². The number of para-hydroxylation sites is 1. The summed E-state index contributed by atoms with van der Waals surface area (Å²) in [5, 5.41) is 6.36. The van der Waals surface area contributed by atoms with Gasteiger partial charge in [-0.25, -0.2) is 4.39 Å². The predicted octanol–water partition coefficient (Wildman–Crippen LogP) is 5.53. The van der Waals surface area contributed by atoms with Crippen LogP contribution in [0.1, 0.15) is 60.5 Å². The summed E-state index contributed by atoms with van der Waals surface area (Å²) in [5.74, 6) is 0.266. The molecule has 0 radical (unpaired) electrons. The van der Waals surface area contributed by atoms with Crippen molar-refractivity contribution < 1.29 is 18.7 Å². The molecule has 1 aromatic carbocycles. The molecule has 3 aromatic rings. The number of amides is 1. The normalized spacial score (nSPS) is 18.2. The maximum atomic E-state index is 14.4. The summed E-state index contributed by atoms with van der Waals surface area (Å²) >= 11 is 0. The van der Waals surface area contributed by atoms with Crippen LogP contribution in [0.15, 0.2) is 36.7 Å². The zero-order valence-corrected chi connectivity index (χ0v) is 19.2. The lowest BCUT2D eigenvalue weighted by Gasteiger charge is -2.24. The fraction of sp³-hybridized carbons (Fsp3) is 0.385. The molecule has 0 aliphatic carbocycles. The Morgan fingerprint density at radius 3 is 2.91 bits per heavy atom. The van der Waals surface area contributed by atoms with E-state index in [0.29, 0.717) is 41.5 Å². The number of carbonyl (C=O) groups excluding carboxylic acids is 1. The molecule has 1 unspecified atom stereocenters. The summed E-state index contributed by atoms with van der Waals surface area (Å²) in [6.45, 7) is 1.19. The van der Waals surface area contributed by atoms with Crippen molar-refractivity contribution >= 4 is 17.3 Å². The highest BCUT2D eigenvalue weighted by Crippen LogP contribution is 2.44. The van der Waals surface area contributed by atoms with Crippen molar-refractivity contribution in [3.8, 4) is 22.8 Å². The fourth-order valence-corrected chi connectivity index (χ4v) is 4.90. The van der Waals surface area contributed by atoms with E-state index in [-0.39, 0.29) is 17.6 Å². The van der Waals surface area contributed by atoms with Crippen LogP contribution in [0.3, 0.4) is 0 Å². The molecule has 0 fully saturated rings. The second-order valence-corrected chi connectivity index (χ2v) is 8.79. The van der Waals surface area contributed by atoms with Gasteiger partial charge in [-0.1, -0.05) is 31.7 Å². The average molecular weight is 465 g/mol. The maximum absolute atomic E-state index is 14.4. The van der Waals surface area contributed by atoms with Gasteiger partial charge >= 0.3 is 0 Å². The summed E-state index contributed by atoms with van der Waals surface area (Å²) in [7, 11) is 1.43. The van der Waals surface area contributed by atoms with Crippen LogP contribution in [0.5, 0.6) is 11.5 Å². The quantitative estimate of drug-likeness (QED) is 0.474. The Morgan fingerprint density at radius 2 is 2.03 bits per heavy atom. The predicted molar refractivity (Wildman–Crippen MR) is 129 cm³/mol. The SMILES string of the molecule is COc1c(F)cccc1Nc1c2[nH]c3c1C(=O)NCC3CCCCCCCOc1cnccc1-2. The van der Waals surface area contributed by atoms with Crippen molar-refractivity contribution in [1.82, 2.24) is 15.3 Å². The van der Waals surface area contributed by atoms with E-state index in [0.717, 1.165) is 49.8 Å². The van der Waals surface area contributed by atoms with Crippen molar-refractivity contribution in [3.05, 3.63) is 53.7 Å². The van der Waals surface area contributed by atoms with Crippen LogP contribution in [0.2, 0.25) is 0 Å². The van der Waals surface area contributed by atoms with Gasteiger partial charge in [0.15, 0.2) is 11.6 Å². The lowest BCUT2D eigenvalue weighted by atomic mass is 9.91. The van der Waals surface area contributed by atoms with Gasteiger partial charge in [0.2, 0.25) is 0 Å². The van der Waals surface area contributed by atoms with E-state index in [9.17, 15) is 9.18 Å². The number of rotatable bonds is 3. The van der Waals surface area contributed by atoms with Gasteiger partial charge in [-0.2, -0.15) is 0 Å². The minimum atomic E-state index is -0.480. The smallest absolute Gasteiger partial charge is 0.255 e. The number of hydrogen-bond donors (Lipinski definition) is 3. The second kappa shape index (κ2) is 9.75. The highest BCUT2D eigenvalue weighted by atomic mass is 19.1. The molecular weight excluding hydrogens is 435 g/mol. The van der Waals surface area contributed by atoms with Gasteiger partial charge in [0.1, 0.15) is 5.75 Å². The summed E-state index contributed by atoms with van der Waals surface area (Å²) in [4.78, 5) is 20.9. The third-order valence-corrected chi connectivity index (χ3v) is 6.61. The number of aromatic nitrogens is 2. The van der Waals surface area contributed by atoms with Crippen molar-refractivity contribution in [2.75, 3.05) is 25.6 Å². The first-order valence-electron chi connectivity index (χ1n) is 11.9. The molecule has 4 heterocycles. The van der Waals surface area contributed by atoms with E-state index < -0.39 is 5.82 Å². The molecule has 2 aliphatic rings. The molecule has 0 saturated carbocycles. The van der Waals surface area contributed by atoms with Crippen LogP contribution in [-0.2, 0) is 0 Å². The van der Waals surface area contributed by atoms with Gasteiger partial charge in [-0.05, 0) is 31.0 Å². The summed E-state index contributed by atoms with van der Waals surface area (Å²) < 4.78 is 25.9. The van der Waals surface area contributed by atoms with Crippen LogP contribution in [-0.4, -0.2) is 36.1 Å². The number of nitrogens with one attached hydrogen (secondary N) is 3. The number of hydrogen-bond acceptors (Lipinski definition) is 5. The number of aromatic amines is 1. The molecule has 7 nitrogen and oxygen atoms in total. The molecule has 2 aromatic heterocycles. The average Bonchev–Trinajstić information content (AvgIpc) is 3.22. The van der Waals surface area contributed by atoms with Crippen LogP contribution < -0.4 is 20.1 Å². The summed E-state index contributed by atoms with van der Waals surface area (Å²) in [6, 6.07) is 6.56. The molecule has 0 saturated heterocycles. The Hall–Kier alpha value is -3.55. The molecule has 2 aliphatic heterocycles. The fourth-order valence-electron chi connectivity index (χ4n) is 4.90. The van der Waals surface area contributed by atoms with E-state index >= 15 is 0 Å². The van der Waals surface area contributed by atoms with E-state index in [1.54, 1.807) is 24.5 Å². The Labute approximate surface area is 198 Å². The van der Waals surface area contributed by atoms with Crippen LogP contribution in [0, 0.1) is 5.82 Å². The van der Waals surface area contributed by atoms with Gasteiger partial charge in [0, 0.05) is 29.9 Å². The van der Waals surface area contributed by atoms with Crippen LogP contribution >= 0.6 is 0 Å². The standard InChI is InChI=1S/C26H29FN4O3/c1-33-25-18(27)9-7-10-19(25)30-24-21-22-16(14-29-26(21)32)8-5-3-2-4-6-13-34-20-15-28-12-11-17(20)23(24)31-22/h7,9-12,15-16,30-31H,2-6,8,13-14H2,1H3,(H,29,32). The summed E-state index contributed by atoms with van der Waals surface area (Å²) in [5.41, 5.74) is 3.98. The van der Waals surface area contributed by atoms with Crippen molar-refractivity contribution in [2.24, 2.45) is 0 Å². The molecule has 2 bridgehead atoms. The zero-order chi connectivity index (χ0) is 23.5. The number of methoxy groups -OCH3 is 1. The van der Waals surface area contributed by atoms with Crippen LogP contribution in [0.4, 0.5) is 15.8 Å². The Balaban J connectivity index is 1.69. The van der Waals surface area contributed by atoms with E-state index in [1.807, 2.05) is 6.07 Å². The number of fused-ring (bicyclic) bond motifs is 3. The molecule has 1 amide bonds. The lowest BCUT2D eigenvalue weighted by Crippen LogP contribution is -2.35. The largest absolute Gasteiger partial charge is 0.492 e. The molecule has 0 spiro atoms. The maximum Gasteiger partial charge on any atom is 0.255 e. The minimum Gasteiger partial charge on any atom is -0.492 e. The number of benzene rings is 1. The first kappa shape index (κ1) is 22.3. The Bertz CT molecular complexity index is 1190. The molecular formula is C26H29FN4O3. The molecule has 178 valence electrons. The van der Waals surface area contributed by atoms with Gasteiger partial charge in [0.05, 0.1) is 42.5 Å². The number of halogens is 1. The van der Waals surface area contributed by atoms with Crippen molar-refractivity contribution in [3.63, 3.8) is 0 Å². The van der Waals surface area contributed by atoms with E-state index in [2.05, 4.69) is 20.6 Å². The Kier molecular flexibility index (Phi) is 6.38. The zero-order valence-electron chi connectivity index (χ0n) is 19.2. The Morgan fingerprint density at radius 1 is 1.18 bits per heavy atom. The first-order valence-corrected chi connectivity index (χ1v) is 11.9. The third-order valence-electron chi connectivity index (χ3n) is 6.61. The van der Waals surface area contributed by atoms with Gasteiger partial charge < -0.3 is 25.1 Å². The van der Waals surface area contributed by atoms with Crippen molar-refractivity contribution in [2.45, 2.75) is 44.4 Å². The number of ether oxygens (including phenoxy) is 2.